The van der Waals surface area contributed by atoms with Crippen molar-refractivity contribution in [2.75, 3.05) is 0 Å². The first-order valence-corrected chi connectivity index (χ1v) is 6.58. The minimum absolute atomic E-state index is 0.210. The fourth-order valence-corrected chi connectivity index (χ4v) is 0.847. The van der Waals surface area contributed by atoms with Crippen LogP contribution in [-0.2, 0) is 12.6 Å². The van der Waals surface area contributed by atoms with Crippen LogP contribution in [0.4, 0.5) is 25.2 Å². The molecule has 1 rings (SSSR count). The number of rotatable bonds is 0. The van der Waals surface area contributed by atoms with E-state index in [1.54, 1.807) is 0 Å². The van der Waals surface area contributed by atoms with E-state index in [4.69, 9.17) is 0 Å². The van der Waals surface area contributed by atoms with Crippen LogP contribution in [0.3, 0.4) is 0 Å². The Kier molecular flexibility index (Phi) is 3.44. The molecular formula is C8H15F6N2P. The summed E-state index contributed by atoms with van der Waals surface area (Å²) in [4.78, 5) is 0. The van der Waals surface area contributed by atoms with Gasteiger partial charge in [0.2, 0.25) is 6.33 Å². The molecule has 9 heteroatoms. The van der Waals surface area contributed by atoms with Crippen LogP contribution in [-0.4, -0.2) is 4.57 Å². The summed E-state index contributed by atoms with van der Waals surface area (Å²) in [5, 5.41) is 0. The summed E-state index contributed by atoms with van der Waals surface area (Å²) in [5.41, 5.74) is 0.210. The van der Waals surface area contributed by atoms with Crippen molar-refractivity contribution in [1.29, 1.82) is 0 Å². The van der Waals surface area contributed by atoms with Gasteiger partial charge in [0.05, 0.1) is 7.05 Å². The maximum absolute atomic E-state index is 10.7. The average Bonchev–Trinajstić information content (AvgIpc) is 2.25. The molecule has 0 aliphatic carbocycles. The number of halogens is 6. The SMILES string of the molecule is C[n+]1ccn(C(C)(C)C)c1.F[P-](F)(F)(F)(F)F. The third kappa shape index (κ3) is 13.2. The molecule has 1 heterocycles. The maximum atomic E-state index is 9.87. The minimum atomic E-state index is -10.7. The molecule has 0 atom stereocenters. The molecule has 0 aliphatic heterocycles. The number of nitrogens with zero attached hydrogens (tertiary/aromatic N) is 2. The molecule has 0 N–H and O–H groups in total. The van der Waals surface area contributed by atoms with Crippen molar-refractivity contribution in [3.63, 3.8) is 0 Å². The normalized spacial score (nSPS) is 16.6. The molecule has 0 saturated heterocycles. The first-order chi connectivity index (χ1) is 6.95. The van der Waals surface area contributed by atoms with E-state index in [-0.39, 0.29) is 5.54 Å². The van der Waals surface area contributed by atoms with Crippen molar-refractivity contribution < 1.29 is 29.7 Å². The summed E-state index contributed by atoms with van der Waals surface area (Å²) in [7, 11) is -8.63. The van der Waals surface area contributed by atoms with Crippen molar-refractivity contribution in [3.05, 3.63) is 18.7 Å². The summed E-state index contributed by atoms with van der Waals surface area (Å²) >= 11 is 0. The second-order valence-corrected chi connectivity index (χ2v) is 6.53. The van der Waals surface area contributed by atoms with E-state index in [0.29, 0.717) is 0 Å². The van der Waals surface area contributed by atoms with Gasteiger partial charge in [0.25, 0.3) is 0 Å². The van der Waals surface area contributed by atoms with Crippen LogP contribution < -0.4 is 4.57 Å². The van der Waals surface area contributed by atoms with Crippen LogP contribution in [0.25, 0.3) is 0 Å². The van der Waals surface area contributed by atoms with E-state index in [1.165, 1.54) is 0 Å². The summed E-state index contributed by atoms with van der Waals surface area (Å²) in [6, 6.07) is 0. The predicted octanol–water partition coefficient (Wildman–Crippen LogP) is 4.45. The van der Waals surface area contributed by atoms with E-state index in [0.717, 1.165) is 0 Å². The Bertz CT molecular complexity index is 373. The van der Waals surface area contributed by atoms with E-state index in [9.17, 15) is 25.2 Å². The molecule has 0 aliphatic rings. The van der Waals surface area contributed by atoms with Gasteiger partial charge in [-0.3, -0.25) is 0 Å². The molecule has 0 amide bonds. The molecular weight excluding hydrogens is 269 g/mol. The summed E-state index contributed by atoms with van der Waals surface area (Å²) in [5.74, 6) is 0. The Morgan fingerprint density at radius 2 is 1.35 bits per heavy atom. The average molecular weight is 284 g/mol. The number of aromatic nitrogens is 2. The van der Waals surface area contributed by atoms with Gasteiger partial charge >= 0.3 is 33.0 Å². The molecule has 0 saturated carbocycles. The van der Waals surface area contributed by atoms with Gasteiger partial charge in [-0.2, -0.15) is 0 Å². The number of aryl methyl sites for hydroxylation is 1. The van der Waals surface area contributed by atoms with Crippen molar-refractivity contribution >= 4 is 7.81 Å². The van der Waals surface area contributed by atoms with Crippen molar-refractivity contribution in [2.45, 2.75) is 26.3 Å². The van der Waals surface area contributed by atoms with Crippen LogP contribution in [0.5, 0.6) is 0 Å². The second kappa shape index (κ2) is 3.60. The van der Waals surface area contributed by atoms with E-state index < -0.39 is 7.81 Å². The van der Waals surface area contributed by atoms with Crippen molar-refractivity contribution in [1.82, 2.24) is 4.57 Å². The fourth-order valence-electron chi connectivity index (χ4n) is 0.847. The quantitative estimate of drug-likeness (QED) is 0.378. The van der Waals surface area contributed by atoms with Crippen molar-refractivity contribution in [3.8, 4) is 0 Å². The summed E-state index contributed by atoms with van der Waals surface area (Å²) < 4.78 is 63.4. The van der Waals surface area contributed by atoms with Gasteiger partial charge < -0.3 is 0 Å². The fraction of sp³-hybridized carbons (Fsp3) is 0.625. The zero-order valence-corrected chi connectivity index (χ0v) is 10.7. The predicted molar refractivity (Wildman–Crippen MR) is 54.2 cm³/mol. The van der Waals surface area contributed by atoms with Gasteiger partial charge in [0.1, 0.15) is 17.9 Å². The molecule has 1 aromatic rings. The van der Waals surface area contributed by atoms with Gasteiger partial charge in [-0.15, -0.1) is 0 Å². The van der Waals surface area contributed by atoms with Crippen LogP contribution >= 0.6 is 7.81 Å². The van der Waals surface area contributed by atoms with Gasteiger partial charge in [-0.25, -0.2) is 9.13 Å². The van der Waals surface area contributed by atoms with Crippen LogP contribution in [0.15, 0.2) is 18.7 Å². The van der Waals surface area contributed by atoms with Crippen LogP contribution in [0.1, 0.15) is 20.8 Å². The standard InChI is InChI=1S/C8H15N2.F6P/c1-8(2,3)10-6-5-9(4)7-10;1-7(2,3,4,5)6/h5-7H,1-4H3;/q+1;-1. The molecule has 1 aromatic heterocycles. The van der Waals surface area contributed by atoms with E-state index >= 15 is 0 Å². The van der Waals surface area contributed by atoms with Gasteiger partial charge in [-0.1, -0.05) is 0 Å². The van der Waals surface area contributed by atoms with Crippen molar-refractivity contribution in [2.24, 2.45) is 7.05 Å². The molecule has 0 bridgehead atoms. The zero-order valence-electron chi connectivity index (χ0n) is 9.84. The zero-order chi connectivity index (χ0) is 14.2. The number of hydrogen-bond acceptors (Lipinski definition) is 0. The Morgan fingerprint density at radius 3 is 1.47 bits per heavy atom. The third-order valence-corrected chi connectivity index (χ3v) is 1.54. The van der Waals surface area contributed by atoms with Crippen LogP contribution in [0.2, 0.25) is 0 Å². The molecule has 2 nitrogen and oxygen atoms in total. The Labute approximate surface area is 95.1 Å². The third-order valence-electron chi connectivity index (χ3n) is 1.54. The number of hydrogen-bond donors (Lipinski definition) is 0. The van der Waals surface area contributed by atoms with E-state index in [2.05, 4.69) is 37.9 Å². The van der Waals surface area contributed by atoms with Gasteiger partial charge in [0, 0.05) is 0 Å². The number of imidazole rings is 1. The van der Waals surface area contributed by atoms with Crippen LogP contribution in [0, 0.1) is 0 Å². The summed E-state index contributed by atoms with van der Waals surface area (Å²) in [6.07, 6.45) is 6.21. The Hall–Kier alpha value is -0.780. The second-order valence-electron chi connectivity index (χ2n) is 4.62. The molecule has 104 valence electrons. The molecule has 0 unspecified atom stereocenters. The monoisotopic (exact) mass is 284 g/mol. The first kappa shape index (κ1) is 16.2. The van der Waals surface area contributed by atoms with Gasteiger partial charge in [-0.05, 0) is 20.8 Å². The first-order valence-electron chi connectivity index (χ1n) is 4.55. The Morgan fingerprint density at radius 1 is 1.00 bits per heavy atom. The molecule has 17 heavy (non-hydrogen) atoms. The van der Waals surface area contributed by atoms with Gasteiger partial charge in [0.15, 0.2) is 0 Å². The molecule has 0 aromatic carbocycles. The summed E-state index contributed by atoms with van der Waals surface area (Å²) in [6.45, 7) is 6.56. The molecule has 0 radical (unpaired) electrons. The Balaban J connectivity index is 0.000000325. The topological polar surface area (TPSA) is 8.81 Å². The van der Waals surface area contributed by atoms with E-state index in [1.807, 2.05) is 17.8 Å². The molecule has 0 spiro atoms. The molecule has 0 fully saturated rings.